The molecule has 6 N–H and O–H groups in total. The monoisotopic (exact) mass is 506 g/mol. The second kappa shape index (κ2) is 21.1. The van der Waals surface area contributed by atoms with Gasteiger partial charge < -0.3 is 30.6 Å². The van der Waals surface area contributed by atoms with Gasteiger partial charge in [0.2, 0.25) is 0 Å². The van der Waals surface area contributed by atoms with Gasteiger partial charge in [-0.2, -0.15) is 75.8 Å². The number of hydrogen-bond acceptors (Lipinski definition) is 12. The van der Waals surface area contributed by atoms with Crippen molar-refractivity contribution in [3.8, 4) is 0 Å². The topological polar surface area (TPSA) is 173 Å². The molecule has 0 bridgehead atoms. The van der Waals surface area contributed by atoms with Gasteiger partial charge in [-0.15, -0.1) is 0 Å². The third-order valence-corrected chi connectivity index (χ3v) is 3.74. The van der Waals surface area contributed by atoms with E-state index in [-0.39, 0.29) is 19.8 Å². The van der Waals surface area contributed by atoms with Crippen LogP contribution in [-0.4, -0.2) is 82.1 Å². The predicted octanol–water partition coefficient (Wildman–Crippen LogP) is 0.130. The van der Waals surface area contributed by atoms with Crippen molar-refractivity contribution in [2.75, 3.05) is 19.8 Å². The van der Waals surface area contributed by atoms with Crippen molar-refractivity contribution < 1.29 is 45.0 Å². The molecule has 0 saturated heterocycles. The molecule has 0 radical (unpaired) electrons. The van der Waals surface area contributed by atoms with Gasteiger partial charge in [-0.05, 0) is 6.42 Å². The van der Waals surface area contributed by atoms with E-state index in [9.17, 15) is 14.4 Å². The Bertz CT molecular complexity index is 343. The van der Waals surface area contributed by atoms with Crippen molar-refractivity contribution in [2.24, 2.45) is 5.41 Å². The van der Waals surface area contributed by atoms with E-state index in [1.54, 1.807) is 0 Å². The summed E-state index contributed by atoms with van der Waals surface area (Å²) >= 11 is 20.7. The van der Waals surface area contributed by atoms with Crippen LogP contribution in [0, 0.1) is 5.41 Å². The highest BCUT2D eigenvalue weighted by Gasteiger charge is 2.24. The second-order valence-corrected chi connectivity index (χ2v) is 8.78. The van der Waals surface area contributed by atoms with Crippen molar-refractivity contribution in [3.63, 3.8) is 0 Å². The minimum atomic E-state index is -1.01. The minimum Gasteiger partial charge on any atom is -0.480 e. The van der Waals surface area contributed by atoms with E-state index in [1.807, 2.05) is 6.92 Å². The van der Waals surface area contributed by atoms with Crippen LogP contribution in [0.4, 0.5) is 0 Å². The summed E-state index contributed by atoms with van der Waals surface area (Å²) in [6.45, 7) is 1.35. The average Bonchev–Trinajstić information content (AvgIpc) is 2.58. The van der Waals surface area contributed by atoms with Crippen LogP contribution in [0.15, 0.2) is 0 Å². The molecule has 0 saturated carbocycles. The average molecular weight is 507 g/mol. The van der Waals surface area contributed by atoms with E-state index in [2.05, 4.69) is 75.8 Å². The van der Waals surface area contributed by atoms with Crippen LogP contribution >= 0.6 is 75.8 Å². The number of hydrogen-bond donors (Lipinski definition) is 12. The van der Waals surface area contributed by atoms with Gasteiger partial charge in [0.25, 0.3) is 0 Å². The van der Waals surface area contributed by atoms with Crippen LogP contribution in [0.5, 0.6) is 0 Å². The number of aliphatic hydroxyl groups is 3. The van der Waals surface area contributed by atoms with Gasteiger partial charge in [-0.1, -0.05) is 6.92 Å². The molecule has 9 nitrogen and oxygen atoms in total. The summed E-state index contributed by atoms with van der Waals surface area (Å²) in [5.74, 6) is -3.04. The largest absolute Gasteiger partial charge is 0.480 e. The molecule has 0 amide bonds. The molecule has 0 aromatic carbocycles. The molecular weight excluding hydrogens is 481 g/mol. The number of carbonyl (C=O) groups is 3. The lowest BCUT2D eigenvalue weighted by Crippen LogP contribution is -2.32. The standard InChI is InChI=1S/C6H14O3.3C2H4O2S2/c1-2-6(3-7,4-8)5-9;3*3-1(4)2(5)6/h7-9H,2-5H2,1H3;3*2,5-6H,(H,3,4). The van der Waals surface area contributed by atoms with E-state index in [4.69, 9.17) is 30.6 Å². The molecule has 0 aromatic rings. The van der Waals surface area contributed by atoms with Crippen LogP contribution in [-0.2, 0) is 14.4 Å². The Balaban J connectivity index is -0.000000133. The zero-order valence-corrected chi connectivity index (χ0v) is 19.5. The van der Waals surface area contributed by atoms with Gasteiger partial charge in [0.05, 0.1) is 19.8 Å². The highest BCUT2D eigenvalue weighted by molar-refractivity contribution is 8.01. The normalized spacial score (nSPS) is 10.1. The fourth-order valence-corrected chi connectivity index (χ4v) is 0.485. The van der Waals surface area contributed by atoms with Crippen molar-refractivity contribution in [2.45, 2.75) is 27.1 Å². The summed E-state index contributed by atoms with van der Waals surface area (Å²) in [6.07, 6.45) is 0.594. The highest BCUT2D eigenvalue weighted by Crippen LogP contribution is 2.18. The smallest absolute Gasteiger partial charge is 0.326 e. The zero-order chi connectivity index (χ0) is 22.8. The lowest BCUT2D eigenvalue weighted by Gasteiger charge is -2.24. The molecule has 0 unspecified atom stereocenters. The Morgan fingerprint density at radius 1 is 0.667 bits per heavy atom. The van der Waals surface area contributed by atoms with Gasteiger partial charge in [-0.3, -0.25) is 14.4 Å². The maximum atomic E-state index is 9.55. The van der Waals surface area contributed by atoms with Crippen LogP contribution in [0.2, 0.25) is 0 Å². The summed E-state index contributed by atoms with van der Waals surface area (Å²) in [5, 5.41) is 49.5. The number of aliphatic hydroxyl groups excluding tert-OH is 3. The van der Waals surface area contributed by atoms with Crippen LogP contribution < -0.4 is 0 Å². The highest BCUT2D eigenvalue weighted by atomic mass is 32.2. The van der Waals surface area contributed by atoms with Crippen molar-refractivity contribution in [1.29, 1.82) is 0 Å². The Morgan fingerprint density at radius 2 is 0.815 bits per heavy atom. The van der Waals surface area contributed by atoms with Crippen molar-refractivity contribution in [3.05, 3.63) is 0 Å². The molecule has 0 rings (SSSR count). The zero-order valence-electron chi connectivity index (χ0n) is 14.2. The molecule has 0 aliphatic heterocycles. The first-order chi connectivity index (χ1) is 12.2. The first-order valence-corrected chi connectivity index (χ1v) is 9.87. The summed E-state index contributed by atoms with van der Waals surface area (Å²) in [6, 6.07) is 0. The molecule has 15 heteroatoms. The molecule has 0 aliphatic rings. The number of rotatable bonds is 7. The third-order valence-electron chi connectivity index (χ3n) is 2.42. The fraction of sp³-hybridized carbons (Fsp3) is 0.750. The Hall–Kier alpha value is 0.390. The molecule has 0 aromatic heterocycles. The molecule has 0 atom stereocenters. The van der Waals surface area contributed by atoms with E-state index < -0.39 is 37.1 Å². The maximum absolute atomic E-state index is 9.55. The molecule has 164 valence electrons. The number of carboxylic acids is 3. The van der Waals surface area contributed by atoms with Crippen LogP contribution in [0.3, 0.4) is 0 Å². The molecule has 27 heavy (non-hydrogen) atoms. The van der Waals surface area contributed by atoms with Crippen molar-refractivity contribution in [1.82, 2.24) is 0 Å². The Morgan fingerprint density at radius 3 is 0.815 bits per heavy atom. The predicted molar refractivity (Wildman–Crippen MR) is 122 cm³/mol. The lowest BCUT2D eigenvalue weighted by molar-refractivity contribution is -0.135. The summed E-state index contributed by atoms with van der Waals surface area (Å²) < 4.78 is -2.53. The molecular formula is C12H26O9S6. The molecule has 0 fully saturated rings. The van der Waals surface area contributed by atoms with Gasteiger partial charge in [0.1, 0.15) is 13.7 Å². The SMILES string of the molecule is CCC(CO)(CO)CO.O=C(O)C(S)S.O=C(O)C(S)S.O=C(O)C(S)S. The summed E-state index contributed by atoms with van der Waals surface area (Å²) in [4.78, 5) is 28.6. The Kier molecular flexibility index (Phi) is 27.3. The van der Waals surface area contributed by atoms with Gasteiger partial charge >= 0.3 is 17.9 Å². The van der Waals surface area contributed by atoms with E-state index in [0.717, 1.165) is 0 Å². The van der Waals surface area contributed by atoms with E-state index >= 15 is 0 Å². The first-order valence-electron chi connectivity index (χ1n) is 6.77. The van der Waals surface area contributed by atoms with Gasteiger partial charge in [-0.25, -0.2) is 0 Å². The lowest BCUT2D eigenvalue weighted by atomic mass is 9.88. The molecule has 0 spiro atoms. The molecule has 0 heterocycles. The number of carboxylic acid groups (broad SMARTS) is 3. The Labute approximate surface area is 190 Å². The second-order valence-electron chi connectivity index (χ2n) is 4.46. The van der Waals surface area contributed by atoms with Crippen LogP contribution in [0.1, 0.15) is 13.3 Å². The number of aliphatic carboxylic acids is 3. The van der Waals surface area contributed by atoms with E-state index in [1.165, 1.54) is 0 Å². The summed E-state index contributed by atoms with van der Waals surface area (Å²) in [5.41, 5.74) is -0.667. The molecule has 0 aliphatic carbocycles. The fourth-order valence-electron chi connectivity index (χ4n) is 0.485. The van der Waals surface area contributed by atoms with Crippen molar-refractivity contribution >= 4 is 93.7 Å². The van der Waals surface area contributed by atoms with Crippen LogP contribution in [0.25, 0.3) is 0 Å². The van der Waals surface area contributed by atoms with Gasteiger partial charge in [0, 0.05) is 5.41 Å². The van der Waals surface area contributed by atoms with E-state index in [0.29, 0.717) is 6.42 Å². The third kappa shape index (κ3) is 26.4. The minimum absolute atomic E-state index is 0.156. The summed E-state index contributed by atoms with van der Waals surface area (Å²) in [7, 11) is 0. The maximum Gasteiger partial charge on any atom is 0.326 e. The number of thiol groups is 6. The first kappa shape index (κ1) is 34.9. The quantitative estimate of drug-likeness (QED) is 0.169. The van der Waals surface area contributed by atoms with Gasteiger partial charge in [0.15, 0.2) is 0 Å².